The molecule has 9 heteroatoms. The van der Waals surface area contributed by atoms with Gasteiger partial charge in [-0.05, 0) is 18.2 Å². The number of nitrogens with two attached hydrogens (primary N) is 2. The summed E-state index contributed by atoms with van der Waals surface area (Å²) in [6.45, 7) is -0.779. The van der Waals surface area contributed by atoms with Crippen LogP contribution in [0.15, 0.2) is 35.3 Å². The highest BCUT2D eigenvalue weighted by Gasteiger charge is 2.34. The third-order valence-electron chi connectivity index (χ3n) is 3.77. The summed E-state index contributed by atoms with van der Waals surface area (Å²) in [5.41, 5.74) is 12.5. The number of benzene rings is 2. The van der Waals surface area contributed by atoms with Crippen LogP contribution in [0.5, 0.6) is 5.75 Å². The van der Waals surface area contributed by atoms with E-state index >= 15 is 0 Å². The summed E-state index contributed by atoms with van der Waals surface area (Å²) in [7, 11) is 0. The van der Waals surface area contributed by atoms with E-state index in [-0.39, 0.29) is 16.5 Å². The Kier molecular flexibility index (Phi) is 4.49. The zero-order chi connectivity index (χ0) is 18.2. The number of halogens is 4. The van der Waals surface area contributed by atoms with E-state index in [1.807, 2.05) is 0 Å². The molecule has 1 aliphatic rings. The third-order valence-corrected chi connectivity index (χ3v) is 4.06. The number of anilines is 2. The molecule has 1 heterocycles. The standard InChI is InChI=1S/C16H14ClF3N4O/c17-10-3-8(1-2-11(10)18)16(22)9-4-12(21)14(25-6-15(19)20)5-13(9)23-7-24-16/h1-5,7,15H,6,21-22H2,(H,23,24). The molecule has 1 aliphatic heterocycles. The van der Waals surface area contributed by atoms with Crippen molar-refractivity contribution in [1.29, 1.82) is 0 Å². The van der Waals surface area contributed by atoms with Crippen molar-refractivity contribution >= 4 is 29.3 Å². The highest BCUT2D eigenvalue weighted by atomic mass is 35.5. The van der Waals surface area contributed by atoms with Gasteiger partial charge in [-0.1, -0.05) is 17.7 Å². The summed E-state index contributed by atoms with van der Waals surface area (Å²) in [4.78, 5) is 4.23. The Labute approximate surface area is 146 Å². The third kappa shape index (κ3) is 3.22. The lowest BCUT2D eigenvalue weighted by molar-refractivity contribution is 0.0823. The fourth-order valence-electron chi connectivity index (χ4n) is 2.55. The van der Waals surface area contributed by atoms with Crippen LogP contribution in [0, 0.1) is 5.82 Å². The van der Waals surface area contributed by atoms with Crippen molar-refractivity contribution in [1.82, 2.24) is 0 Å². The predicted octanol–water partition coefficient (Wildman–Crippen LogP) is 3.32. The molecule has 2 aromatic rings. The first-order valence-corrected chi connectivity index (χ1v) is 7.58. The molecule has 0 saturated heterocycles. The van der Waals surface area contributed by atoms with Crippen LogP contribution in [0.2, 0.25) is 5.02 Å². The van der Waals surface area contributed by atoms with Crippen molar-refractivity contribution in [3.05, 3.63) is 52.3 Å². The zero-order valence-corrected chi connectivity index (χ0v) is 13.5. The number of aliphatic imine (C=N–C) groups is 1. The molecular formula is C16H14ClF3N4O. The predicted molar refractivity (Wildman–Crippen MR) is 90.8 cm³/mol. The number of rotatable bonds is 4. The molecule has 0 fully saturated rings. The van der Waals surface area contributed by atoms with Crippen LogP contribution >= 0.6 is 11.6 Å². The molecule has 0 spiro atoms. The first-order chi connectivity index (χ1) is 11.8. The maximum absolute atomic E-state index is 13.4. The molecule has 5 nitrogen and oxygen atoms in total. The van der Waals surface area contributed by atoms with Gasteiger partial charge < -0.3 is 15.8 Å². The Balaban J connectivity index is 2.05. The van der Waals surface area contributed by atoms with Crippen LogP contribution in [0.3, 0.4) is 0 Å². The van der Waals surface area contributed by atoms with Crippen LogP contribution in [-0.2, 0) is 5.66 Å². The molecule has 0 aromatic heterocycles. The van der Waals surface area contributed by atoms with Gasteiger partial charge in [0.05, 0.1) is 22.7 Å². The van der Waals surface area contributed by atoms with Crippen LogP contribution in [0.4, 0.5) is 24.5 Å². The average Bonchev–Trinajstić information content (AvgIpc) is 2.56. The summed E-state index contributed by atoms with van der Waals surface area (Å²) in [5.74, 6) is -0.483. The minimum atomic E-state index is -2.63. The summed E-state index contributed by atoms with van der Waals surface area (Å²) in [6, 6.07) is 6.97. The van der Waals surface area contributed by atoms with Crippen LogP contribution in [-0.4, -0.2) is 19.4 Å². The van der Waals surface area contributed by atoms with Gasteiger partial charge in [0, 0.05) is 17.2 Å². The van der Waals surface area contributed by atoms with E-state index in [9.17, 15) is 13.2 Å². The molecule has 132 valence electrons. The molecule has 5 N–H and O–H groups in total. The molecule has 0 amide bonds. The number of hydrogen-bond acceptors (Lipinski definition) is 5. The minimum Gasteiger partial charge on any atom is -0.485 e. The maximum atomic E-state index is 13.4. The molecule has 0 bridgehead atoms. The van der Waals surface area contributed by atoms with E-state index in [4.69, 9.17) is 27.8 Å². The van der Waals surface area contributed by atoms with Crippen LogP contribution < -0.4 is 21.5 Å². The Morgan fingerprint density at radius 2 is 2.04 bits per heavy atom. The lowest BCUT2D eigenvalue weighted by Gasteiger charge is -2.32. The van der Waals surface area contributed by atoms with E-state index in [1.165, 1.54) is 36.7 Å². The zero-order valence-electron chi connectivity index (χ0n) is 12.8. The number of hydrogen-bond donors (Lipinski definition) is 3. The van der Waals surface area contributed by atoms with Crippen LogP contribution in [0.1, 0.15) is 11.1 Å². The maximum Gasteiger partial charge on any atom is 0.272 e. The number of alkyl halides is 2. The van der Waals surface area contributed by atoms with Crippen LogP contribution in [0.25, 0.3) is 0 Å². The first-order valence-electron chi connectivity index (χ1n) is 7.21. The highest BCUT2D eigenvalue weighted by molar-refractivity contribution is 6.30. The Hall–Kier alpha value is -2.45. The van der Waals surface area contributed by atoms with Crippen molar-refractivity contribution in [2.75, 3.05) is 17.7 Å². The quantitative estimate of drug-likeness (QED) is 0.721. The number of nitrogens with zero attached hydrogens (tertiary/aromatic N) is 1. The molecule has 25 heavy (non-hydrogen) atoms. The number of nitrogen functional groups attached to an aromatic ring is 1. The van der Waals surface area contributed by atoms with Gasteiger partial charge in [0.1, 0.15) is 18.2 Å². The monoisotopic (exact) mass is 370 g/mol. The van der Waals surface area contributed by atoms with E-state index in [1.54, 1.807) is 0 Å². The van der Waals surface area contributed by atoms with E-state index in [0.29, 0.717) is 16.8 Å². The molecule has 0 radical (unpaired) electrons. The van der Waals surface area contributed by atoms with Gasteiger partial charge in [-0.2, -0.15) is 0 Å². The average molecular weight is 371 g/mol. The van der Waals surface area contributed by atoms with E-state index in [0.717, 1.165) is 0 Å². The second kappa shape index (κ2) is 6.45. The summed E-state index contributed by atoms with van der Waals surface area (Å²) in [5, 5.41) is 2.77. The molecule has 3 rings (SSSR count). The SMILES string of the molecule is Nc1cc2c(cc1OCC(F)F)NC=NC2(N)c1ccc(F)c(Cl)c1. The summed E-state index contributed by atoms with van der Waals surface area (Å²) in [6.07, 6.45) is -1.27. The van der Waals surface area contributed by atoms with Crippen molar-refractivity contribution in [2.45, 2.75) is 12.1 Å². The lowest BCUT2D eigenvalue weighted by atomic mass is 9.89. The highest BCUT2D eigenvalue weighted by Crippen LogP contribution is 2.41. The summed E-state index contributed by atoms with van der Waals surface area (Å²) < 4.78 is 43.1. The number of fused-ring (bicyclic) bond motifs is 1. The van der Waals surface area contributed by atoms with Gasteiger partial charge in [-0.15, -0.1) is 0 Å². The Morgan fingerprint density at radius 3 is 2.72 bits per heavy atom. The normalized spacial score (nSPS) is 18.8. The van der Waals surface area contributed by atoms with Gasteiger partial charge in [-0.25, -0.2) is 18.2 Å². The number of ether oxygens (including phenoxy) is 1. The van der Waals surface area contributed by atoms with Gasteiger partial charge in [-0.3, -0.25) is 5.73 Å². The fraction of sp³-hybridized carbons (Fsp3) is 0.188. The van der Waals surface area contributed by atoms with Crippen molar-refractivity contribution in [3.8, 4) is 5.75 Å². The molecule has 1 unspecified atom stereocenters. The largest absolute Gasteiger partial charge is 0.485 e. The molecular weight excluding hydrogens is 357 g/mol. The molecule has 2 aromatic carbocycles. The Morgan fingerprint density at radius 1 is 1.28 bits per heavy atom. The van der Waals surface area contributed by atoms with Gasteiger partial charge in [0.25, 0.3) is 6.43 Å². The number of nitrogens with one attached hydrogen (secondary N) is 1. The fourth-order valence-corrected chi connectivity index (χ4v) is 2.73. The molecule has 0 saturated carbocycles. The topological polar surface area (TPSA) is 85.7 Å². The minimum absolute atomic E-state index is 0.0949. The lowest BCUT2D eigenvalue weighted by Crippen LogP contribution is -2.39. The first kappa shape index (κ1) is 17.4. The second-order valence-electron chi connectivity index (χ2n) is 5.44. The van der Waals surface area contributed by atoms with Crippen molar-refractivity contribution in [3.63, 3.8) is 0 Å². The summed E-state index contributed by atoms with van der Waals surface area (Å²) >= 11 is 5.84. The van der Waals surface area contributed by atoms with Gasteiger partial charge in [0.15, 0.2) is 5.66 Å². The molecule has 0 aliphatic carbocycles. The van der Waals surface area contributed by atoms with Crippen molar-refractivity contribution in [2.24, 2.45) is 10.7 Å². The van der Waals surface area contributed by atoms with E-state index in [2.05, 4.69) is 10.3 Å². The molecule has 1 atom stereocenters. The Bertz CT molecular complexity index is 846. The smallest absolute Gasteiger partial charge is 0.272 e. The van der Waals surface area contributed by atoms with Gasteiger partial charge in [0.2, 0.25) is 0 Å². The van der Waals surface area contributed by atoms with E-state index < -0.39 is 24.5 Å². The van der Waals surface area contributed by atoms with Crippen molar-refractivity contribution < 1.29 is 17.9 Å². The van der Waals surface area contributed by atoms with Gasteiger partial charge >= 0.3 is 0 Å². The second-order valence-corrected chi connectivity index (χ2v) is 5.84.